The van der Waals surface area contributed by atoms with Crippen molar-refractivity contribution < 1.29 is 4.74 Å². The molecule has 1 saturated carbocycles. The van der Waals surface area contributed by atoms with Crippen molar-refractivity contribution in [1.29, 1.82) is 0 Å². The zero-order valence-corrected chi connectivity index (χ0v) is 10.1. The van der Waals surface area contributed by atoms with E-state index in [1.807, 2.05) is 12.1 Å². The average Bonchev–Trinajstić information content (AvgIpc) is 3.09. The number of nitrogens with zero attached hydrogens (tertiary/aromatic N) is 1. The van der Waals surface area contributed by atoms with Crippen molar-refractivity contribution in [2.45, 2.75) is 32.4 Å². The van der Waals surface area contributed by atoms with Gasteiger partial charge in [0.2, 0.25) is 0 Å². The highest BCUT2D eigenvalue weighted by Crippen LogP contribution is 2.29. The first-order chi connectivity index (χ1) is 7.72. The molecule has 0 spiro atoms. The number of nitrogen functional groups attached to an aromatic ring is 1. The van der Waals surface area contributed by atoms with Crippen LogP contribution in [0.3, 0.4) is 0 Å². The summed E-state index contributed by atoms with van der Waals surface area (Å²) in [6, 6.07) is 6.75. The van der Waals surface area contributed by atoms with Gasteiger partial charge in [0.25, 0.3) is 0 Å². The minimum absolute atomic E-state index is 0.779. The van der Waals surface area contributed by atoms with Gasteiger partial charge in [-0.25, -0.2) is 0 Å². The average molecular weight is 220 g/mol. The smallest absolute Gasteiger partial charge is 0.121 e. The first-order valence-electron chi connectivity index (χ1n) is 5.90. The van der Waals surface area contributed by atoms with E-state index in [0.717, 1.165) is 30.6 Å². The number of methoxy groups -OCH3 is 1. The van der Waals surface area contributed by atoms with E-state index in [4.69, 9.17) is 10.5 Å². The zero-order chi connectivity index (χ0) is 11.5. The van der Waals surface area contributed by atoms with Crippen LogP contribution < -0.4 is 10.5 Å². The topological polar surface area (TPSA) is 38.5 Å². The van der Waals surface area contributed by atoms with Crippen molar-refractivity contribution in [1.82, 2.24) is 4.90 Å². The van der Waals surface area contributed by atoms with Gasteiger partial charge < -0.3 is 10.5 Å². The quantitative estimate of drug-likeness (QED) is 0.774. The second kappa shape index (κ2) is 4.74. The Morgan fingerprint density at radius 1 is 1.38 bits per heavy atom. The molecular weight excluding hydrogens is 200 g/mol. The van der Waals surface area contributed by atoms with Crippen LogP contribution in [-0.4, -0.2) is 24.6 Å². The third-order valence-corrected chi connectivity index (χ3v) is 3.08. The number of hydrogen-bond acceptors (Lipinski definition) is 3. The molecule has 1 aromatic rings. The molecule has 0 atom stereocenters. The number of nitrogens with two attached hydrogens (primary N) is 1. The van der Waals surface area contributed by atoms with E-state index in [-0.39, 0.29) is 0 Å². The summed E-state index contributed by atoms with van der Waals surface area (Å²) in [6.45, 7) is 4.28. The van der Waals surface area contributed by atoms with Crippen LogP contribution in [0.1, 0.15) is 25.3 Å². The fourth-order valence-electron chi connectivity index (χ4n) is 2.07. The van der Waals surface area contributed by atoms with E-state index in [9.17, 15) is 0 Å². The summed E-state index contributed by atoms with van der Waals surface area (Å²) in [5, 5.41) is 0. The monoisotopic (exact) mass is 220 g/mol. The van der Waals surface area contributed by atoms with Crippen LogP contribution in [0.4, 0.5) is 5.69 Å². The second-order valence-corrected chi connectivity index (χ2v) is 4.41. The molecule has 16 heavy (non-hydrogen) atoms. The summed E-state index contributed by atoms with van der Waals surface area (Å²) in [6.07, 6.45) is 2.68. The van der Waals surface area contributed by atoms with Gasteiger partial charge in [-0.15, -0.1) is 0 Å². The Labute approximate surface area is 97.2 Å². The molecule has 88 valence electrons. The van der Waals surface area contributed by atoms with Crippen molar-refractivity contribution in [2.24, 2.45) is 0 Å². The van der Waals surface area contributed by atoms with Gasteiger partial charge in [-0.05, 0) is 37.1 Å². The number of benzene rings is 1. The van der Waals surface area contributed by atoms with Gasteiger partial charge in [0, 0.05) is 24.3 Å². The van der Waals surface area contributed by atoms with Crippen molar-refractivity contribution in [2.75, 3.05) is 19.4 Å². The van der Waals surface area contributed by atoms with E-state index >= 15 is 0 Å². The summed E-state index contributed by atoms with van der Waals surface area (Å²) in [5.41, 5.74) is 7.87. The van der Waals surface area contributed by atoms with Crippen LogP contribution in [-0.2, 0) is 6.54 Å². The lowest BCUT2D eigenvalue weighted by Gasteiger charge is -2.20. The standard InChI is InChI=1S/C13H20N2O/c1-3-15(12-4-5-12)9-10-6-11(14)8-13(7-10)16-2/h6-8,12H,3-5,9,14H2,1-2H3. The minimum Gasteiger partial charge on any atom is -0.497 e. The maximum atomic E-state index is 5.85. The minimum atomic E-state index is 0.779. The van der Waals surface area contributed by atoms with E-state index in [0.29, 0.717) is 0 Å². The van der Waals surface area contributed by atoms with E-state index < -0.39 is 0 Å². The first kappa shape index (κ1) is 11.3. The van der Waals surface area contributed by atoms with Gasteiger partial charge in [-0.3, -0.25) is 4.90 Å². The van der Waals surface area contributed by atoms with Crippen LogP contribution in [0.5, 0.6) is 5.75 Å². The molecule has 1 aliphatic carbocycles. The van der Waals surface area contributed by atoms with Crippen LogP contribution in [0.25, 0.3) is 0 Å². The summed E-state index contributed by atoms with van der Waals surface area (Å²) in [5.74, 6) is 0.849. The van der Waals surface area contributed by atoms with Crippen LogP contribution in [0.2, 0.25) is 0 Å². The van der Waals surface area contributed by atoms with Crippen LogP contribution in [0.15, 0.2) is 18.2 Å². The van der Waals surface area contributed by atoms with Crippen molar-refractivity contribution in [3.8, 4) is 5.75 Å². The second-order valence-electron chi connectivity index (χ2n) is 4.41. The third kappa shape index (κ3) is 2.67. The molecule has 0 amide bonds. The number of ether oxygens (including phenoxy) is 1. The lowest BCUT2D eigenvalue weighted by Crippen LogP contribution is -2.25. The Bertz CT molecular complexity index is 361. The number of anilines is 1. The van der Waals surface area contributed by atoms with Crippen molar-refractivity contribution in [3.63, 3.8) is 0 Å². The van der Waals surface area contributed by atoms with Crippen LogP contribution >= 0.6 is 0 Å². The highest BCUT2D eigenvalue weighted by molar-refractivity contribution is 5.47. The lowest BCUT2D eigenvalue weighted by molar-refractivity contribution is 0.269. The summed E-state index contributed by atoms with van der Waals surface area (Å²) in [7, 11) is 1.68. The fraction of sp³-hybridized carbons (Fsp3) is 0.538. The Morgan fingerprint density at radius 3 is 2.69 bits per heavy atom. The lowest BCUT2D eigenvalue weighted by atomic mass is 10.1. The number of hydrogen-bond donors (Lipinski definition) is 1. The van der Waals surface area contributed by atoms with Gasteiger partial charge >= 0.3 is 0 Å². The van der Waals surface area contributed by atoms with Gasteiger partial charge in [0.1, 0.15) is 5.75 Å². The predicted molar refractivity (Wildman–Crippen MR) is 66.5 cm³/mol. The number of rotatable bonds is 5. The highest BCUT2D eigenvalue weighted by atomic mass is 16.5. The fourth-order valence-corrected chi connectivity index (χ4v) is 2.07. The molecule has 0 saturated heterocycles. The molecule has 0 aliphatic heterocycles. The largest absolute Gasteiger partial charge is 0.497 e. The van der Waals surface area contributed by atoms with Gasteiger partial charge in [-0.1, -0.05) is 6.92 Å². The molecule has 0 radical (unpaired) electrons. The Kier molecular flexibility index (Phi) is 3.34. The first-order valence-corrected chi connectivity index (χ1v) is 5.90. The summed E-state index contributed by atoms with van der Waals surface area (Å²) >= 11 is 0. The van der Waals surface area contributed by atoms with Crippen LogP contribution in [0, 0.1) is 0 Å². The Hall–Kier alpha value is -1.22. The van der Waals surface area contributed by atoms with E-state index in [2.05, 4.69) is 17.9 Å². The molecule has 3 nitrogen and oxygen atoms in total. The Morgan fingerprint density at radius 2 is 2.12 bits per heavy atom. The zero-order valence-electron chi connectivity index (χ0n) is 10.1. The molecule has 0 heterocycles. The maximum Gasteiger partial charge on any atom is 0.121 e. The molecule has 0 aromatic heterocycles. The highest BCUT2D eigenvalue weighted by Gasteiger charge is 2.27. The molecule has 1 aliphatic rings. The van der Waals surface area contributed by atoms with Gasteiger partial charge in [0.05, 0.1) is 7.11 Å². The Balaban J connectivity index is 2.09. The maximum absolute atomic E-state index is 5.85. The van der Waals surface area contributed by atoms with E-state index in [1.165, 1.54) is 18.4 Å². The molecule has 1 aromatic carbocycles. The predicted octanol–water partition coefficient (Wildman–Crippen LogP) is 2.26. The molecule has 1 fully saturated rings. The SMILES string of the molecule is CCN(Cc1cc(N)cc(OC)c1)C1CC1. The summed E-state index contributed by atoms with van der Waals surface area (Å²) in [4.78, 5) is 2.49. The molecule has 3 heteroatoms. The van der Waals surface area contributed by atoms with Crippen molar-refractivity contribution in [3.05, 3.63) is 23.8 Å². The molecule has 0 bridgehead atoms. The van der Waals surface area contributed by atoms with E-state index in [1.54, 1.807) is 7.11 Å². The molecule has 2 rings (SSSR count). The molecule has 0 unspecified atom stereocenters. The van der Waals surface area contributed by atoms with Gasteiger partial charge in [-0.2, -0.15) is 0 Å². The normalized spacial score (nSPS) is 15.4. The molecule has 2 N–H and O–H groups in total. The summed E-state index contributed by atoms with van der Waals surface area (Å²) < 4.78 is 5.23. The third-order valence-electron chi connectivity index (χ3n) is 3.08. The van der Waals surface area contributed by atoms with Crippen molar-refractivity contribution >= 4 is 5.69 Å². The molecular formula is C13H20N2O. The van der Waals surface area contributed by atoms with Gasteiger partial charge in [0.15, 0.2) is 0 Å².